The maximum absolute atomic E-state index is 10.9. The second-order valence-electron chi connectivity index (χ2n) is 5.09. The number of hydrogen-bond donors (Lipinski definition) is 2. The van der Waals surface area contributed by atoms with Crippen LogP contribution in [0.3, 0.4) is 0 Å². The zero-order valence-electron chi connectivity index (χ0n) is 14.5. The standard InChI is InChI=1S/2C9H8O4.Ca/c2*1-5(10)6-3-2-4-7(8(6)11)9(12)13;/h2*2-4,11H,1H3,(H,12,13);/q;;+2/p-2. The smallest absolute Gasteiger partial charge is 0.545 e. The quantitative estimate of drug-likeness (QED) is 0.518. The van der Waals surface area contributed by atoms with Crippen LogP contribution in [0.5, 0.6) is 11.5 Å². The molecule has 0 aliphatic carbocycles. The number of benzene rings is 2. The van der Waals surface area contributed by atoms with E-state index in [1.807, 2.05) is 0 Å². The zero-order valence-corrected chi connectivity index (χ0v) is 16.7. The van der Waals surface area contributed by atoms with Crippen LogP contribution in [0.1, 0.15) is 55.3 Å². The number of Topliss-reactive ketones (excluding diaryl/α,β-unsaturated/α-hetero) is 2. The molecule has 0 aliphatic heterocycles. The molecule has 0 amide bonds. The van der Waals surface area contributed by atoms with Crippen molar-refractivity contribution in [3.05, 3.63) is 58.7 Å². The minimum absolute atomic E-state index is 0. The number of carbonyl (C=O) groups is 4. The van der Waals surface area contributed by atoms with E-state index in [-0.39, 0.29) is 71.6 Å². The van der Waals surface area contributed by atoms with E-state index < -0.39 is 23.4 Å². The average molecular weight is 398 g/mol. The van der Waals surface area contributed by atoms with Crippen molar-refractivity contribution in [2.75, 3.05) is 0 Å². The summed E-state index contributed by atoms with van der Waals surface area (Å²) in [5, 5.41) is 39.4. The van der Waals surface area contributed by atoms with Gasteiger partial charge in [0.2, 0.25) is 0 Å². The Bertz CT molecular complexity index is 751. The first-order valence-corrected chi connectivity index (χ1v) is 7.16. The van der Waals surface area contributed by atoms with Crippen molar-refractivity contribution in [3.8, 4) is 11.5 Å². The van der Waals surface area contributed by atoms with E-state index in [0.717, 1.165) is 0 Å². The first-order valence-electron chi connectivity index (χ1n) is 7.16. The van der Waals surface area contributed by atoms with Gasteiger partial charge in [-0.25, -0.2) is 0 Å². The molecule has 0 spiro atoms. The molecule has 0 bridgehead atoms. The fraction of sp³-hybridized carbons (Fsp3) is 0.111. The molecule has 2 aromatic carbocycles. The molecule has 27 heavy (non-hydrogen) atoms. The van der Waals surface area contributed by atoms with Gasteiger partial charge in [-0.3, -0.25) is 9.59 Å². The zero-order chi connectivity index (χ0) is 20.0. The molecule has 8 nitrogen and oxygen atoms in total. The summed E-state index contributed by atoms with van der Waals surface area (Å²) in [5.41, 5.74) is -0.760. The maximum Gasteiger partial charge on any atom is 2.00 e. The Morgan fingerprint density at radius 1 is 0.667 bits per heavy atom. The van der Waals surface area contributed by atoms with Gasteiger partial charge in [-0.2, -0.15) is 0 Å². The van der Waals surface area contributed by atoms with Crippen molar-refractivity contribution in [1.29, 1.82) is 0 Å². The average Bonchev–Trinajstić information content (AvgIpc) is 2.54. The monoisotopic (exact) mass is 398 g/mol. The molecule has 9 heteroatoms. The minimum atomic E-state index is -1.50. The number of carboxylic acid groups (broad SMARTS) is 2. The first kappa shape index (κ1) is 24.6. The normalized spacial score (nSPS) is 9.26. The number of rotatable bonds is 4. The Morgan fingerprint density at radius 3 is 1.15 bits per heavy atom. The van der Waals surface area contributed by atoms with Crippen molar-refractivity contribution in [3.63, 3.8) is 0 Å². The number of phenols is 2. The van der Waals surface area contributed by atoms with Gasteiger partial charge >= 0.3 is 37.7 Å². The van der Waals surface area contributed by atoms with Crippen molar-refractivity contribution >= 4 is 61.2 Å². The third-order valence-electron chi connectivity index (χ3n) is 3.27. The SMILES string of the molecule is CC(=O)c1cccc(C(=O)[O-])c1O.CC(=O)c1cccc(C(=O)[O-])c1O.[Ca+2]. The number of carboxylic acids is 2. The fourth-order valence-electron chi connectivity index (χ4n) is 1.98. The second-order valence-corrected chi connectivity index (χ2v) is 5.09. The largest absolute Gasteiger partial charge is 2.00 e. The maximum atomic E-state index is 10.9. The Kier molecular flexibility index (Phi) is 9.71. The van der Waals surface area contributed by atoms with Gasteiger partial charge in [0.1, 0.15) is 11.5 Å². The van der Waals surface area contributed by atoms with Crippen molar-refractivity contribution < 1.29 is 39.6 Å². The van der Waals surface area contributed by atoms with Gasteiger partial charge in [-0.05, 0) is 38.1 Å². The summed E-state index contributed by atoms with van der Waals surface area (Å²) < 4.78 is 0. The molecule has 0 unspecified atom stereocenters. The molecular weight excluding hydrogens is 384 g/mol. The van der Waals surface area contributed by atoms with Gasteiger partial charge in [0.15, 0.2) is 11.6 Å². The first-order chi connectivity index (χ1) is 12.1. The van der Waals surface area contributed by atoms with Crippen LogP contribution in [0.25, 0.3) is 0 Å². The number of aromatic hydroxyl groups is 2. The van der Waals surface area contributed by atoms with Gasteiger partial charge in [-0.15, -0.1) is 0 Å². The van der Waals surface area contributed by atoms with Gasteiger partial charge in [-0.1, -0.05) is 12.1 Å². The van der Waals surface area contributed by atoms with E-state index in [1.54, 1.807) is 0 Å². The van der Waals surface area contributed by atoms with Crippen LogP contribution in [-0.4, -0.2) is 71.5 Å². The molecule has 0 aromatic heterocycles. The Hall–Kier alpha value is -2.42. The summed E-state index contributed by atoms with van der Waals surface area (Å²) in [4.78, 5) is 42.6. The molecule has 0 saturated carbocycles. The molecule has 0 saturated heterocycles. The molecular formula is C18H14CaO8. The van der Waals surface area contributed by atoms with E-state index in [9.17, 15) is 39.6 Å². The molecule has 0 fully saturated rings. The predicted molar refractivity (Wildman–Crippen MR) is 90.6 cm³/mol. The van der Waals surface area contributed by atoms with Crippen LogP contribution in [0, 0.1) is 0 Å². The summed E-state index contributed by atoms with van der Waals surface area (Å²) in [6, 6.07) is 7.81. The minimum Gasteiger partial charge on any atom is -0.545 e. The topological polar surface area (TPSA) is 155 Å². The van der Waals surface area contributed by atoms with Crippen LogP contribution >= 0.6 is 0 Å². The number of ketones is 2. The van der Waals surface area contributed by atoms with Crippen LogP contribution in [-0.2, 0) is 0 Å². The predicted octanol–water partition coefficient (Wildman–Crippen LogP) is -0.464. The Morgan fingerprint density at radius 2 is 0.926 bits per heavy atom. The third kappa shape index (κ3) is 6.35. The summed E-state index contributed by atoms with van der Waals surface area (Å²) in [7, 11) is 0. The molecule has 0 atom stereocenters. The van der Waals surface area contributed by atoms with Crippen molar-refractivity contribution in [2.45, 2.75) is 13.8 Å². The fourth-order valence-corrected chi connectivity index (χ4v) is 1.98. The third-order valence-corrected chi connectivity index (χ3v) is 3.27. The number of para-hydroxylation sites is 2. The molecule has 0 aliphatic rings. The molecule has 2 rings (SSSR count). The van der Waals surface area contributed by atoms with E-state index in [0.29, 0.717) is 0 Å². The van der Waals surface area contributed by atoms with Crippen LogP contribution in [0.2, 0.25) is 0 Å². The second kappa shape index (κ2) is 10.7. The Labute approximate surface area is 184 Å². The van der Waals surface area contributed by atoms with E-state index in [4.69, 9.17) is 0 Å². The molecule has 0 heterocycles. The summed E-state index contributed by atoms with van der Waals surface area (Å²) in [6.45, 7) is 2.49. The Balaban J connectivity index is 0.000000483. The van der Waals surface area contributed by atoms with Gasteiger partial charge in [0.05, 0.1) is 23.1 Å². The van der Waals surface area contributed by atoms with E-state index in [1.165, 1.54) is 50.2 Å². The van der Waals surface area contributed by atoms with Crippen LogP contribution < -0.4 is 10.2 Å². The van der Waals surface area contributed by atoms with Gasteiger partial charge < -0.3 is 30.0 Å². The molecule has 0 radical (unpaired) electrons. The van der Waals surface area contributed by atoms with Crippen molar-refractivity contribution in [1.82, 2.24) is 0 Å². The van der Waals surface area contributed by atoms with Crippen molar-refractivity contribution in [2.24, 2.45) is 0 Å². The molecule has 136 valence electrons. The number of hydrogen-bond acceptors (Lipinski definition) is 8. The molecule has 2 N–H and O–H groups in total. The summed E-state index contributed by atoms with van der Waals surface area (Å²) in [6.07, 6.45) is 0. The molecule has 2 aromatic rings. The van der Waals surface area contributed by atoms with Gasteiger partial charge in [0, 0.05) is 11.1 Å². The number of aromatic carboxylic acids is 2. The van der Waals surface area contributed by atoms with Gasteiger partial charge in [0.25, 0.3) is 0 Å². The number of carbonyl (C=O) groups excluding carboxylic acids is 4. The summed E-state index contributed by atoms with van der Waals surface area (Å²) in [5.74, 6) is -4.84. The van der Waals surface area contributed by atoms with Crippen LogP contribution in [0.15, 0.2) is 36.4 Å². The van der Waals surface area contributed by atoms with Crippen LogP contribution in [0.4, 0.5) is 0 Å². The van der Waals surface area contributed by atoms with E-state index in [2.05, 4.69) is 0 Å². The van der Waals surface area contributed by atoms with E-state index >= 15 is 0 Å². The summed E-state index contributed by atoms with van der Waals surface area (Å²) >= 11 is 0.